The Labute approximate surface area is 135 Å². The van der Waals surface area contributed by atoms with Gasteiger partial charge in [0, 0.05) is 6.04 Å². The summed E-state index contributed by atoms with van der Waals surface area (Å²) >= 11 is 0. The molecule has 1 aliphatic carbocycles. The van der Waals surface area contributed by atoms with Crippen LogP contribution in [0, 0.1) is 11.3 Å². The van der Waals surface area contributed by atoms with Crippen molar-refractivity contribution in [2.24, 2.45) is 0 Å². The molecule has 1 heterocycles. The van der Waals surface area contributed by atoms with Gasteiger partial charge in [-0.3, -0.25) is 4.79 Å². The van der Waals surface area contributed by atoms with Gasteiger partial charge in [0.05, 0.1) is 12.3 Å². The molecule has 0 aliphatic heterocycles. The summed E-state index contributed by atoms with van der Waals surface area (Å²) in [5, 5.41) is 9.16. The fourth-order valence-electron chi connectivity index (χ4n) is 3.29. The second-order valence-corrected chi connectivity index (χ2v) is 5.81. The van der Waals surface area contributed by atoms with Gasteiger partial charge in [-0.05, 0) is 61.7 Å². The van der Waals surface area contributed by atoms with Crippen LogP contribution in [0.4, 0.5) is 0 Å². The second kappa shape index (κ2) is 6.70. The SMILES string of the molecule is CCOc1ccc(-c2ccc(C#N)c(=O)n2C2CCCC2)cc1. The lowest BCUT2D eigenvalue weighted by Crippen LogP contribution is -2.26. The highest BCUT2D eigenvalue weighted by atomic mass is 16.5. The van der Waals surface area contributed by atoms with Crippen LogP contribution < -0.4 is 10.3 Å². The fourth-order valence-corrected chi connectivity index (χ4v) is 3.29. The molecule has 118 valence electrons. The Morgan fingerprint density at radius 2 is 1.87 bits per heavy atom. The van der Waals surface area contributed by atoms with Crippen molar-refractivity contribution in [3.8, 4) is 23.1 Å². The van der Waals surface area contributed by atoms with E-state index in [9.17, 15) is 4.79 Å². The summed E-state index contributed by atoms with van der Waals surface area (Å²) in [5.41, 5.74) is 1.89. The third-order valence-electron chi connectivity index (χ3n) is 4.39. The summed E-state index contributed by atoms with van der Waals surface area (Å²) in [7, 11) is 0. The number of ether oxygens (including phenoxy) is 1. The maximum Gasteiger partial charge on any atom is 0.269 e. The highest BCUT2D eigenvalue weighted by Gasteiger charge is 2.22. The minimum absolute atomic E-state index is 0.175. The number of aromatic nitrogens is 1. The van der Waals surface area contributed by atoms with Crippen molar-refractivity contribution in [1.29, 1.82) is 5.26 Å². The molecule has 0 spiro atoms. The normalized spacial score (nSPS) is 14.6. The summed E-state index contributed by atoms with van der Waals surface area (Å²) in [6.45, 7) is 2.58. The number of pyridine rings is 1. The number of nitrogens with zero attached hydrogens (tertiary/aromatic N) is 2. The monoisotopic (exact) mass is 308 g/mol. The lowest BCUT2D eigenvalue weighted by atomic mass is 10.1. The zero-order valence-electron chi connectivity index (χ0n) is 13.3. The molecule has 3 rings (SSSR count). The predicted molar refractivity (Wildman–Crippen MR) is 89.5 cm³/mol. The van der Waals surface area contributed by atoms with Crippen LogP contribution in [0.5, 0.6) is 5.75 Å². The lowest BCUT2D eigenvalue weighted by molar-refractivity contribution is 0.340. The fraction of sp³-hybridized carbons (Fsp3) is 0.368. The number of hydrogen-bond acceptors (Lipinski definition) is 3. The van der Waals surface area contributed by atoms with E-state index in [4.69, 9.17) is 10.00 Å². The van der Waals surface area contributed by atoms with Gasteiger partial charge in [-0.2, -0.15) is 5.26 Å². The first kappa shape index (κ1) is 15.4. The van der Waals surface area contributed by atoms with E-state index in [0.29, 0.717) is 6.61 Å². The molecule has 0 saturated heterocycles. The molecular weight excluding hydrogens is 288 g/mol. The second-order valence-electron chi connectivity index (χ2n) is 5.81. The van der Waals surface area contributed by atoms with Crippen LogP contribution in [0.25, 0.3) is 11.3 Å². The zero-order valence-corrected chi connectivity index (χ0v) is 13.3. The van der Waals surface area contributed by atoms with E-state index in [0.717, 1.165) is 42.7 Å². The number of rotatable bonds is 4. The van der Waals surface area contributed by atoms with Crippen LogP contribution >= 0.6 is 0 Å². The summed E-state index contributed by atoms with van der Waals surface area (Å²) in [5.74, 6) is 0.819. The van der Waals surface area contributed by atoms with Gasteiger partial charge in [0.1, 0.15) is 17.4 Å². The van der Waals surface area contributed by atoms with Crippen LogP contribution in [0.3, 0.4) is 0 Å². The standard InChI is InChI=1S/C19H20N2O2/c1-2-23-17-10-7-14(8-11-17)18-12-9-15(13-20)19(22)21(18)16-5-3-4-6-16/h7-12,16H,2-6H2,1H3. The van der Waals surface area contributed by atoms with Gasteiger partial charge in [-0.25, -0.2) is 0 Å². The van der Waals surface area contributed by atoms with Gasteiger partial charge in [0.2, 0.25) is 0 Å². The third-order valence-corrected chi connectivity index (χ3v) is 4.39. The van der Waals surface area contributed by atoms with Gasteiger partial charge >= 0.3 is 0 Å². The van der Waals surface area contributed by atoms with Crippen molar-refractivity contribution in [3.05, 3.63) is 52.3 Å². The highest BCUT2D eigenvalue weighted by molar-refractivity contribution is 5.61. The minimum atomic E-state index is -0.175. The Hall–Kier alpha value is -2.54. The van der Waals surface area contributed by atoms with Crippen LogP contribution in [-0.4, -0.2) is 11.2 Å². The van der Waals surface area contributed by atoms with E-state index < -0.39 is 0 Å². The lowest BCUT2D eigenvalue weighted by Gasteiger charge is -2.19. The summed E-state index contributed by atoms with van der Waals surface area (Å²) in [6, 6.07) is 13.5. The molecule has 0 N–H and O–H groups in total. The largest absolute Gasteiger partial charge is 0.494 e. The molecule has 1 aromatic heterocycles. The van der Waals surface area contributed by atoms with Gasteiger partial charge in [-0.15, -0.1) is 0 Å². The maximum absolute atomic E-state index is 12.7. The van der Waals surface area contributed by atoms with Crippen LogP contribution in [0.2, 0.25) is 0 Å². The molecular formula is C19H20N2O2. The Morgan fingerprint density at radius 3 is 2.48 bits per heavy atom. The van der Waals surface area contributed by atoms with Crippen molar-refractivity contribution >= 4 is 0 Å². The predicted octanol–water partition coefficient (Wildman–Crippen LogP) is 3.90. The van der Waals surface area contributed by atoms with Crippen LogP contribution in [0.1, 0.15) is 44.2 Å². The molecule has 0 atom stereocenters. The van der Waals surface area contributed by atoms with Crippen molar-refractivity contribution in [3.63, 3.8) is 0 Å². The van der Waals surface area contributed by atoms with E-state index in [-0.39, 0.29) is 17.2 Å². The van der Waals surface area contributed by atoms with Crippen LogP contribution in [0.15, 0.2) is 41.2 Å². The molecule has 1 fully saturated rings. The Balaban J connectivity index is 2.09. The quantitative estimate of drug-likeness (QED) is 0.860. The first-order chi connectivity index (χ1) is 11.2. The minimum Gasteiger partial charge on any atom is -0.494 e. The molecule has 1 saturated carbocycles. The molecule has 0 unspecified atom stereocenters. The molecule has 0 amide bonds. The Kier molecular flexibility index (Phi) is 4.47. The number of nitriles is 1. The van der Waals surface area contributed by atoms with Gasteiger partial charge < -0.3 is 9.30 Å². The molecule has 2 aromatic rings. The summed E-state index contributed by atoms with van der Waals surface area (Å²) < 4.78 is 7.30. The average molecular weight is 308 g/mol. The summed E-state index contributed by atoms with van der Waals surface area (Å²) in [6.07, 6.45) is 4.27. The van der Waals surface area contributed by atoms with Gasteiger partial charge in [-0.1, -0.05) is 12.8 Å². The summed E-state index contributed by atoms with van der Waals surface area (Å²) in [4.78, 5) is 12.7. The first-order valence-corrected chi connectivity index (χ1v) is 8.13. The zero-order chi connectivity index (χ0) is 16.2. The molecule has 4 nitrogen and oxygen atoms in total. The maximum atomic E-state index is 12.7. The highest BCUT2D eigenvalue weighted by Crippen LogP contribution is 2.32. The Morgan fingerprint density at radius 1 is 1.17 bits per heavy atom. The van der Waals surface area contributed by atoms with E-state index in [1.165, 1.54) is 0 Å². The average Bonchev–Trinajstić information content (AvgIpc) is 3.09. The number of hydrogen-bond donors (Lipinski definition) is 0. The first-order valence-electron chi connectivity index (χ1n) is 8.13. The van der Waals surface area contributed by atoms with E-state index in [2.05, 4.69) is 0 Å². The van der Waals surface area contributed by atoms with Crippen molar-refractivity contribution in [2.45, 2.75) is 38.6 Å². The van der Waals surface area contributed by atoms with Crippen LogP contribution in [-0.2, 0) is 0 Å². The van der Waals surface area contributed by atoms with E-state index in [1.54, 1.807) is 6.07 Å². The molecule has 1 aromatic carbocycles. The van der Waals surface area contributed by atoms with E-state index in [1.807, 2.05) is 47.9 Å². The van der Waals surface area contributed by atoms with Gasteiger partial charge in [0.25, 0.3) is 5.56 Å². The Bertz CT molecular complexity index is 778. The topological polar surface area (TPSA) is 55.0 Å². The van der Waals surface area contributed by atoms with Crippen molar-refractivity contribution in [2.75, 3.05) is 6.61 Å². The molecule has 0 radical (unpaired) electrons. The molecule has 1 aliphatic rings. The van der Waals surface area contributed by atoms with Crippen molar-refractivity contribution < 1.29 is 4.74 Å². The third kappa shape index (κ3) is 3.00. The van der Waals surface area contributed by atoms with Gasteiger partial charge in [0.15, 0.2) is 0 Å². The molecule has 4 heteroatoms. The molecule has 0 bridgehead atoms. The number of benzene rings is 1. The van der Waals surface area contributed by atoms with E-state index >= 15 is 0 Å². The molecule has 23 heavy (non-hydrogen) atoms. The van der Waals surface area contributed by atoms with Crippen molar-refractivity contribution in [1.82, 2.24) is 4.57 Å². The smallest absolute Gasteiger partial charge is 0.269 e.